The summed E-state index contributed by atoms with van der Waals surface area (Å²) in [5.41, 5.74) is 2.45. The monoisotopic (exact) mass is 428 g/mol. The minimum absolute atomic E-state index is 0.0841. The lowest BCUT2D eigenvalue weighted by Gasteiger charge is -2.21. The second-order valence-corrected chi connectivity index (χ2v) is 7.12. The quantitative estimate of drug-likeness (QED) is 0.444. The smallest absolute Gasteiger partial charge is 0.298 e. The number of aromatic hydroxyl groups is 1. The number of amides is 1. The molecule has 2 aromatic carbocycles. The molecule has 0 saturated carbocycles. The van der Waals surface area contributed by atoms with E-state index in [9.17, 15) is 9.90 Å². The maximum absolute atomic E-state index is 13.1. The van der Waals surface area contributed by atoms with Crippen LogP contribution in [0.3, 0.4) is 0 Å². The molecule has 0 unspecified atom stereocenters. The highest BCUT2D eigenvalue weighted by Crippen LogP contribution is 2.25. The zero-order valence-electron chi connectivity index (χ0n) is 18.0. The van der Waals surface area contributed by atoms with Gasteiger partial charge in [-0.15, -0.1) is 0 Å². The number of carbonyl (C=O) groups excluding carboxylic acids is 1. The van der Waals surface area contributed by atoms with Crippen LogP contribution in [0.4, 0.5) is 5.69 Å². The SMILES string of the molecule is CCN(CC)c1ccc(O)c(C=NN2C(=O)C(=Cc3ccco3)N=C2c2ccccc2)c1. The topological polar surface area (TPSA) is 81.6 Å². The number of hydrazone groups is 1. The normalized spacial score (nSPS) is 15.1. The van der Waals surface area contributed by atoms with Crippen molar-refractivity contribution in [3.63, 3.8) is 0 Å². The molecule has 1 N–H and O–H groups in total. The number of anilines is 1. The third-order valence-corrected chi connectivity index (χ3v) is 5.14. The number of phenolic OH excluding ortho intramolecular Hbond substituents is 1. The molecule has 0 aliphatic carbocycles. The molecular weight excluding hydrogens is 404 g/mol. The zero-order valence-corrected chi connectivity index (χ0v) is 18.0. The Kier molecular flexibility index (Phi) is 6.17. The third-order valence-electron chi connectivity index (χ3n) is 5.14. The van der Waals surface area contributed by atoms with E-state index in [4.69, 9.17) is 4.42 Å². The van der Waals surface area contributed by atoms with Crippen LogP contribution in [0.2, 0.25) is 0 Å². The van der Waals surface area contributed by atoms with Gasteiger partial charge in [-0.05, 0) is 44.2 Å². The number of amidine groups is 1. The molecule has 0 bridgehead atoms. The van der Waals surface area contributed by atoms with Crippen LogP contribution >= 0.6 is 0 Å². The molecular formula is C25H24N4O3. The Morgan fingerprint density at radius 3 is 2.56 bits per heavy atom. The predicted molar refractivity (Wildman–Crippen MR) is 126 cm³/mol. The number of phenols is 1. The number of hydrogen-bond donors (Lipinski definition) is 1. The van der Waals surface area contributed by atoms with Gasteiger partial charge in [0.05, 0.1) is 12.5 Å². The first-order valence-electron chi connectivity index (χ1n) is 10.5. The minimum Gasteiger partial charge on any atom is -0.507 e. The highest BCUT2D eigenvalue weighted by Gasteiger charge is 2.31. The summed E-state index contributed by atoms with van der Waals surface area (Å²) in [6, 6.07) is 18.2. The number of rotatable bonds is 7. The van der Waals surface area contributed by atoms with Crippen LogP contribution in [0.1, 0.15) is 30.7 Å². The third kappa shape index (κ3) is 4.32. The highest BCUT2D eigenvalue weighted by molar-refractivity contribution is 6.19. The van der Waals surface area contributed by atoms with Gasteiger partial charge in [-0.2, -0.15) is 10.1 Å². The molecule has 32 heavy (non-hydrogen) atoms. The number of hydrogen-bond acceptors (Lipinski definition) is 6. The molecule has 1 aliphatic heterocycles. The zero-order chi connectivity index (χ0) is 22.5. The Bertz CT molecular complexity index is 1180. The number of nitrogens with zero attached hydrogens (tertiary/aromatic N) is 4. The Morgan fingerprint density at radius 1 is 1.09 bits per heavy atom. The van der Waals surface area contributed by atoms with Gasteiger partial charge >= 0.3 is 0 Å². The van der Waals surface area contributed by atoms with E-state index < -0.39 is 0 Å². The lowest BCUT2D eigenvalue weighted by Crippen LogP contribution is -2.27. The Morgan fingerprint density at radius 2 is 1.88 bits per heavy atom. The number of carbonyl (C=O) groups is 1. The summed E-state index contributed by atoms with van der Waals surface area (Å²) < 4.78 is 5.33. The first-order chi connectivity index (χ1) is 15.6. The summed E-state index contributed by atoms with van der Waals surface area (Å²) in [7, 11) is 0. The fourth-order valence-electron chi connectivity index (χ4n) is 3.45. The summed E-state index contributed by atoms with van der Waals surface area (Å²) in [5.74, 6) is 0.640. The van der Waals surface area contributed by atoms with Gasteiger partial charge in [0.25, 0.3) is 5.91 Å². The molecule has 7 nitrogen and oxygen atoms in total. The van der Waals surface area contributed by atoms with Crippen molar-refractivity contribution in [1.29, 1.82) is 0 Å². The van der Waals surface area contributed by atoms with E-state index in [1.54, 1.807) is 24.3 Å². The molecule has 1 aromatic heterocycles. The van der Waals surface area contributed by atoms with E-state index >= 15 is 0 Å². The van der Waals surface area contributed by atoms with Crippen LogP contribution in [-0.4, -0.2) is 41.2 Å². The van der Waals surface area contributed by atoms with Crippen LogP contribution in [0.25, 0.3) is 6.08 Å². The van der Waals surface area contributed by atoms with Gasteiger partial charge in [0.1, 0.15) is 17.2 Å². The fourth-order valence-corrected chi connectivity index (χ4v) is 3.45. The lowest BCUT2D eigenvalue weighted by atomic mass is 10.1. The summed E-state index contributed by atoms with van der Waals surface area (Å²) in [6.45, 7) is 5.83. The van der Waals surface area contributed by atoms with E-state index in [-0.39, 0.29) is 17.4 Å². The average Bonchev–Trinajstić information content (AvgIpc) is 3.44. The second kappa shape index (κ2) is 9.34. The van der Waals surface area contributed by atoms with Crippen LogP contribution in [0.5, 0.6) is 5.75 Å². The van der Waals surface area contributed by atoms with E-state index in [0.29, 0.717) is 17.2 Å². The van der Waals surface area contributed by atoms with Gasteiger partial charge < -0.3 is 14.4 Å². The summed E-state index contributed by atoms with van der Waals surface area (Å²) in [6.07, 6.45) is 4.60. The molecule has 162 valence electrons. The Labute approximate surface area is 186 Å². The molecule has 0 fully saturated rings. The summed E-state index contributed by atoms with van der Waals surface area (Å²) >= 11 is 0. The lowest BCUT2D eigenvalue weighted by molar-refractivity contribution is -0.122. The molecule has 0 spiro atoms. The van der Waals surface area contributed by atoms with Crippen LogP contribution in [0, 0.1) is 0 Å². The van der Waals surface area contributed by atoms with Gasteiger partial charge in [0.15, 0.2) is 5.84 Å². The van der Waals surface area contributed by atoms with Crippen molar-refractivity contribution in [2.75, 3.05) is 18.0 Å². The minimum atomic E-state index is -0.379. The molecule has 3 aromatic rings. The van der Waals surface area contributed by atoms with Crippen LogP contribution < -0.4 is 4.90 Å². The number of benzene rings is 2. The first-order valence-corrected chi connectivity index (χ1v) is 10.5. The number of furan rings is 1. The highest BCUT2D eigenvalue weighted by atomic mass is 16.3. The molecule has 4 rings (SSSR count). The Hall–Kier alpha value is -4.13. The van der Waals surface area contributed by atoms with Gasteiger partial charge in [-0.3, -0.25) is 4.79 Å². The van der Waals surface area contributed by atoms with E-state index in [2.05, 4.69) is 28.8 Å². The second-order valence-electron chi connectivity index (χ2n) is 7.12. The molecule has 0 atom stereocenters. The van der Waals surface area contributed by atoms with Crippen molar-refractivity contribution in [1.82, 2.24) is 5.01 Å². The van der Waals surface area contributed by atoms with Crippen LogP contribution in [0.15, 0.2) is 87.1 Å². The van der Waals surface area contributed by atoms with E-state index in [1.807, 2.05) is 42.5 Å². The maximum atomic E-state index is 13.1. The van der Waals surface area contributed by atoms with Crippen molar-refractivity contribution in [3.05, 3.63) is 89.5 Å². The summed E-state index contributed by atoms with van der Waals surface area (Å²) in [5, 5.41) is 16.0. The van der Waals surface area contributed by atoms with E-state index in [1.165, 1.54) is 17.5 Å². The van der Waals surface area contributed by atoms with Crippen molar-refractivity contribution in [2.45, 2.75) is 13.8 Å². The van der Waals surface area contributed by atoms with Gasteiger partial charge in [-0.1, -0.05) is 30.3 Å². The molecule has 0 saturated heterocycles. The largest absolute Gasteiger partial charge is 0.507 e. The van der Waals surface area contributed by atoms with Crippen molar-refractivity contribution in [2.24, 2.45) is 10.1 Å². The molecule has 1 amide bonds. The average molecular weight is 428 g/mol. The van der Waals surface area contributed by atoms with Crippen LogP contribution in [-0.2, 0) is 4.79 Å². The molecule has 7 heteroatoms. The summed E-state index contributed by atoms with van der Waals surface area (Å²) in [4.78, 5) is 19.8. The molecule has 0 radical (unpaired) electrons. The molecule has 2 heterocycles. The van der Waals surface area contributed by atoms with Crippen molar-refractivity contribution in [3.8, 4) is 5.75 Å². The predicted octanol–water partition coefficient (Wildman–Crippen LogP) is 4.50. The van der Waals surface area contributed by atoms with Crippen molar-refractivity contribution < 1.29 is 14.3 Å². The van der Waals surface area contributed by atoms with Gasteiger partial charge in [0, 0.05) is 36.0 Å². The molecule has 1 aliphatic rings. The fraction of sp³-hybridized carbons (Fsp3) is 0.160. The standard InChI is InChI=1S/C25H24N4O3/c1-3-28(4-2)20-12-13-23(30)19(15-20)17-26-29-24(18-9-6-5-7-10-18)27-22(25(29)31)16-21-11-8-14-32-21/h5-17,30H,3-4H2,1-2H3. The van der Waals surface area contributed by atoms with Gasteiger partial charge in [-0.25, -0.2) is 4.99 Å². The number of aliphatic imine (C=N–C) groups is 1. The van der Waals surface area contributed by atoms with Crippen molar-refractivity contribution >= 4 is 29.7 Å². The Balaban J connectivity index is 1.70. The maximum Gasteiger partial charge on any atom is 0.298 e. The van der Waals surface area contributed by atoms with E-state index in [0.717, 1.165) is 24.3 Å². The van der Waals surface area contributed by atoms with Gasteiger partial charge in [0.2, 0.25) is 0 Å². The first kappa shape index (κ1) is 21.1.